The number of aromatic nitrogens is 2. The topological polar surface area (TPSA) is 77.5 Å². The summed E-state index contributed by atoms with van der Waals surface area (Å²) in [7, 11) is 1.67. The minimum atomic E-state index is -4.48. The van der Waals surface area contributed by atoms with Gasteiger partial charge in [-0.05, 0) is 33.8 Å². The van der Waals surface area contributed by atoms with Gasteiger partial charge in [-0.25, -0.2) is 9.97 Å². The van der Waals surface area contributed by atoms with Crippen LogP contribution in [0.3, 0.4) is 0 Å². The number of aliphatic imine (C=N–C) groups is 1. The van der Waals surface area contributed by atoms with E-state index in [1.165, 1.54) is 0 Å². The molecule has 0 atom stereocenters. The average molecular weight is 389 g/mol. The Balaban J connectivity index is 2.36. The van der Waals surface area contributed by atoms with Crippen LogP contribution in [0.15, 0.2) is 17.3 Å². The lowest BCUT2D eigenvalue weighted by atomic mass is 10.2. The van der Waals surface area contributed by atoms with Crippen LogP contribution in [0.25, 0.3) is 0 Å². The number of guanidine groups is 1. The van der Waals surface area contributed by atoms with Crippen LogP contribution < -0.4 is 16.0 Å². The second-order valence-corrected chi connectivity index (χ2v) is 6.54. The normalized spacial score (nSPS) is 12.8. The molecule has 0 unspecified atom stereocenters. The Morgan fingerprint density at radius 3 is 2.30 bits per heavy atom. The van der Waals surface area contributed by atoms with Gasteiger partial charge in [0.1, 0.15) is 5.69 Å². The lowest BCUT2D eigenvalue weighted by Crippen LogP contribution is -2.46. The van der Waals surface area contributed by atoms with E-state index in [0.29, 0.717) is 31.1 Å². The third kappa shape index (κ3) is 8.42. The Morgan fingerprint density at radius 2 is 1.74 bits per heavy atom. The fourth-order valence-electron chi connectivity index (χ4n) is 2.59. The van der Waals surface area contributed by atoms with E-state index in [9.17, 15) is 13.2 Å². The molecule has 0 radical (unpaired) electrons. The molecule has 1 heterocycles. The van der Waals surface area contributed by atoms with Crippen molar-refractivity contribution in [2.75, 3.05) is 38.5 Å². The van der Waals surface area contributed by atoms with E-state index in [0.717, 1.165) is 25.4 Å². The molecule has 0 spiro atoms. The van der Waals surface area contributed by atoms with Crippen molar-refractivity contribution in [3.63, 3.8) is 0 Å². The zero-order valence-corrected chi connectivity index (χ0v) is 16.6. The predicted molar refractivity (Wildman–Crippen MR) is 102 cm³/mol. The molecule has 0 aliphatic rings. The van der Waals surface area contributed by atoms with E-state index in [1.54, 1.807) is 7.05 Å². The molecule has 3 N–H and O–H groups in total. The van der Waals surface area contributed by atoms with Crippen molar-refractivity contribution in [3.05, 3.63) is 18.0 Å². The molecular formula is C17H30F3N7. The number of alkyl halides is 3. The highest BCUT2D eigenvalue weighted by molar-refractivity contribution is 5.79. The maximum absolute atomic E-state index is 12.6. The van der Waals surface area contributed by atoms with Crippen LogP contribution in [-0.4, -0.2) is 66.1 Å². The standard InChI is InChI=1S/C17H30F3N7/c1-12(2)27(13(3)4)11-10-25-15(21-5)23-8-9-24-16-22-7-6-14(26-16)17(18,19)20/h6-7,12-13H,8-11H2,1-5H3,(H2,21,23,25)(H,22,24,26). The monoisotopic (exact) mass is 389 g/mol. The molecule has 0 fully saturated rings. The zero-order valence-electron chi connectivity index (χ0n) is 16.6. The van der Waals surface area contributed by atoms with Crippen LogP contribution in [0.2, 0.25) is 0 Å². The van der Waals surface area contributed by atoms with Gasteiger partial charge in [-0.3, -0.25) is 9.89 Å². The number of anilines is 1. The maximum atomic E-state index is 12.6. The van der Waals surface area contributed by atoms with E-state index >= 15 is 0 Å². The average Bonchev–Trinajstić information content (AvgIpc) is 2.59. The summed E-state index contributed by atoms with van der Waals surface area (Å²) in [6.07, 6.45) is -3.40. The highest BCUT2D eigenvalue weighted by Crippen LogP contribution is 2.27. The lowest BCUT2D eigenvalue weighted by Gasteiger charge is -2.30. The van der Waals surface area contributed by atoms with Gasteiger partial charge in [0, 0.05) is 51.5 Å². The number of hydrogen-bond acceptors (Lipinski definition) is 5. The molecule has 1 aromatic rings. The highest BCUT2D eigenvalue weighted by atomic mass is 19.4. The molecule has 10 heteroatoms. The molecule has 0 saturated carbocycles. The molecule has 0 amide bonds. The van der Waals surface area contributed by atoms with E-state index in [2.05, 4.69) is 63.5 Å². The van der Waals surface area contributed by atoms with Gasteiger partial charge >= 0.3 is 6.18 Å². The number of nitrogens with zero attached hydrogens (tertiary/aromatic N) is 4. The summed E-state index contributed by atoms with van der Waals surface area (Å²) in [5, 5.41) is 9.09. The van der Waals surface area contributed by atoms with Gasteiger partial charge in [0.05, 0.1) is 0 Å². The Labute approximate surface area is 158 Å². The second-order valence-electron chi connectivity index (χ2n) is 6.54. The van der Waals surface area contributed by atoms with Gasteiger partial charge in [-0.2, -0.15) is 13.2 Å². The van der Waals surface area contributed by atoms with Gasteiger partial charge in [0.15, 0.2) is 5.96 Å². The van der Waals surface area contributed by atoms with Crippen LogP contribution >= 0.6 is 0 Å². The molecule has 0 bridgehead atoms. The highest BCUT2D eigenvalue weighted by Gasteiger charge is 2.32. The Hall–Kier alpha value is -2.10. The summed E-state index contributed by atoms with van der Waals surface area (Å²) in [5.74, 6) is 0.577. The molecular weight excluding hydrogens is 359 g/mol. The molecule has 27 heavy (non-hydrogen) atoms. The van der Waals surface area contributed by atoms with Gasteiger partial charge in [0.25, 0.3) is 0 Å². The molecule has 154 valence electrons. The SMILES string of the molecule is CN=C(NCCNc1nccc(C(F)(F)F)n1)NCCN(C(C)C)C(C)C. The van der Waals surface area contributed by atoms with Crippen molar-refractivity contribution in [2.24, 2.45) is 4.99 Å². The van der Waals surface area contributed by atoms with Crippen molar-refractivity contribution < 1.29 is 13.2 Å². The molecule has 0 aromatic carbocycles. The first-order valence-corrected chi connectivity index (χ1v) is 8.99. The van der Waals surface area contributed by atoms with Crippen molar-refractivity contribution in [3.8, 4) is 0 Å². The molecule has 1 rings (SSSR count). The Bertz CT molecular complexity index is 580. The summed E-state index contributed by atoms with van der Waals surface area (Å²) < 4.78 is 37.9. The van der Waals surface area contributed by atoms with Crippen LogP contribution in [0.1, 0.15) is 33.4 Å². The lowest BCUT2D eigenvalue weighted by molar-refractivity contribution is -0.141. The summed E-state index contributed by atoms with van der Waals surface area (Å²) in [6.45, 7) is 11.1. The summed E-state index contributed by atoms with van der Waals surface area (Å²) in [5.41, 5.74) is -0.967. The summed E-state index contributed by atoms with van der Waals surface area (Å²) >= 11 is 0. The molecule has 0 aliphatic heterocycles. The fraction of sp³-hybridized carbons (Fsp3) is 0.706. The van der Waals surface area contributed by atoms with Gasteiger partial charge < -0.3 is 16.0 Å². The quantitative estimate of drug-likeness (QED) is 0.341. The number of nitrogens with one attached hydrogen (secondary N) is 3. The predicted octanol–water partition coefficient (Wildman–Crippen LogP) is 2.19. The Morgan fingerprint density at radius 1 is 1.11 bits per heavy atom. The number of halogens is 3. The molecule has 1 aromatic heterocycles. The van der Waals surface area contributed by atoms with Crippen LogP contribution in [0.5, 0.6) is 0 Å². The van der Waals surface area contributed by atoms with Crippen molar-refractivity contribution in [1.29, 1.82) is 0 Å². The van der Waals surface area contributed by atoms with Crippen LogP contribution in [0.4, 0.5) is 19.1 Å². The molecule has 0 aliphatic carbocycles. The van der Waals surface area contributed by atoms with E-state index < -0.39 is 11.9 Å². The third-order valence-corrected chi connectivity index (χ3v) is 3.86. The van der Waals surface area contributed by atoms with E-state index in [1.807, 2.05) is 0 Å². The minimum Gasteiger partial charge on any atom is -0.355 e. The zero-order chi connectivity index (χ0) is 20.4. The summed E-state index contributed by atoms with van der Waals surface area (Å²) in [4.78, 5) is 13.7. The van der Waals surface area contributed by atoms with E-state index in [-0.39, 0.29) is 5.95 Å². The largest absolute Gasteiger partial charge is 0.433 e. The van der Waals surface area contributed by atoms with Crippen molar-refractivity contribution in [1.82, 2.24) is 25.5 Å². The Kier molecular flexibility index (Phi) is 9.27. The maximum Gasteiger partial charge on any atom is 0.433 e. The van der Waals surface area contributed by atoms with E-state index in [4.69, 9.17) is 0 Å². The van der Waals surface area contributed by atoms with Gasteiger partial charge in [0.2, 0.25) is 5.95 Å². The second kappa shape index (κ2) is 10.9. The van der Waals surface area contributed by atoms with Gasteiger partial charge in [-0.15, -0.1) is 0 Å². The van der Waals surface area contributed by atoms with Crippen LogP contribution in [-0.2, 0) is 6.18 Å². The smallest absolute Gasteiger partial charge is 0.355 e. The van der Waals surface area contributed by atoms with Crippen LogP contribution in [0, 0.1) is 0 Å². The number of rotatable bonds is 9. The number of hydrogen-bond donors (Lipinski definition) is 3. The van der Waals surface area contributed by atoms with Crippen molar-refractivity contribution in [2.45, 2.75) is 46.0 Å². The third-order valence-electron chi connectivity index (χ3n) is 3.86. The minimum absolute atomic E-state index is 0.0564. The van der Waals surface area contributed by atoms with Crippen molar-refractivity contribution >= 4 is 11.9 Å². The first-order valence-electron chi connectivity index (χ1n) is 8.99. The summed E-state index contributed by atoms with van der Waals surface area (Å²) in [6, 6.07) is 1.75. The first-order chi connectivity index (χ1) is 12.6. The molecule has 7 nitrogen and oxygen atoms in total. The first kappa shape index (κ1) is 22.9. The fourth-order valence-corrected chi connectivity index (χ4v) is 2.59. The van der Waals surface area contributed by atoms with Gasteiger partial charge in [-0.1, -0.05) is 0 Å². The molecule has 0 saturated heterocycles.